The van der Waals surface area contributed by atoms with Gasteiger partial charge in [0.2, 0.25) is 0 Å². The maximum atomic E-state index is 12.8. The second kappa shape index (κ2) is 7.39. The van der Waals surface area contributed by atoms with Gasteiger partial charge in [0.15, 0.2) is 0 Å². The Labute approximate surface area is 170 Å². The predicted molar refractivity (Wildman–Crippen MR) is 112 cm³/mol. The van der Waals surface area contributed by atoms with Gasteiger partial charge in [0.1, 0.15) is 0 Å². The number of hydrogen-bond donors (Lipinski definition) is 0. The van der Waals surface area contributed by atoms with Crippen LogP contribution in [0.25, 0.3) is 16.8 Å². The normalized spacial score (nSPS) is 15.9. The van der Waals surface area contributed by atoms with E-state index in [1.165, 1.54) is 4.90 Å². The minimum absolute atomic E-state index is 0.234. The Morgan fingerprint density at radius 1 is 0.963 bits per heavy atom. The zero-order chi connectivity index (χ0) is 19.0. The van der Waals surface area contributed by atoms with Crippen molar-refractivity contribution in [2.24, 2.45) is 0 Å². The van der Waals surface area contributed by atoms with E-state index >= 15 is 0 Å². The van der Waals surface area contributed by atoms with Crippen molar-refractivity contribution in [2.75, 3.05) is 0 Å². The molecular formula is C21H13Cl2NO2S. The molecule has 1 aliphatic heterocycles. The average molecular weight is 414 g/mol. The molecule has 0 aliphatic carbocycles. The van der Waals surface area contributed by atoms with Crippen molar-refractivity contribution in [3.05, 3.63) is 86.7 Å². The van der Waals surface area contributed by atoms with E-state index in [2.05, 4.69) is 0 Å². The number of fused-ring (bicyclic) bond motifs is 1. The second-order valence-electron chi connectivity index (χ2n) is 6.07. The molecule has 3 aromatic carbocycles. The van der Waals surface area contributed by atoms with Crippen LogP contribution in [0.4, 0.5) is 4.79 Å². The smallest absolute Gasteiger partial charge is 0.268 e. The van der Waals surface area contributed by atoms with Gasteiger partial charge in [-0.05, 0) is 51.9 Å². The van der Waals surface area contributed by atoms with Crippen LogP contribution in [0.5, 0.6) is 0 Å². The molecule has 0 atom stereocenters. The summed E-state index contributed by atoms with van der Waals surface area (Å²) in [6.45, 7) is 0.234. The van der Waals surface area contributed by atoms with Crippen LogP contribution < -0.4 is 0 Å². The summed E-state index contributed by atoms with van der Waals surface area (Å²) in [6, 6.07) is 18.8. The lowest BCUT2D eigenvalue weighted by Crippen LogP contribution is -2.27. The molecule has 4 rings (SSSR count). The highest BCUT2D eigenvalue weighted by Crippen LogP contribution is 2.35. The van der Waals surface area contributed by atoms with Crippen molar-refractivity contribution in [3.8, 4) is 0 Å². The van der Waals surface area contributed by atoms with Crippen molar-refractivity contribution >= 4 is 63.0 Å². The first-order valence-corrected chi connectivity index (χ1v) is 9.77. The van der Waals surface area contributed by atoms with E-state index < -0.39 is 0 Å². The Morgan fingerprint density at radius 2 is 1.74 bits per heavy atom. The standard InChI is InChI=1S/C21H13Cl2NO2S/c22-16-9-8-14(18(23)11-16)10-19-20(25)24(21(26)27-19)12-15-6-3-5-13-4-1-2-7-17(13)15/h1-11H,12H2/b19-10-. The Morgan fingerprint density at radius 3 is 2.56 bits per heavy atom. The quantitative estimate of drug-likeness (QED) is 0.467. The number of imide groups is 1. The van der Waals surface area contributed by atoms with Gasteiger partial charge in [0.25, 0.3) is 11.1 Å². The number of thioether (sulfide) groups is 1. The third-order valence-electron chi connectivity index (χ3n) is 4.33. The number of rotatable bonds is 3. The number of carbonyl (C=O) groups excluding carboxylic acids is 2. The topological polar surface area (TPSA) is 37.4 Å². The highest BCUT2D eigenvalue weighted by Gasteiger charge is 2.35. The van der Waals surface area contributed by atoms with E-state index in [1.807, 2.05) is 42.5 Å². The highest BCUT2D eigenvalue weighted by molar-refractivity contribution is 8.18. The lowest BCUT2D eigenvalue weighted by Gasteiger charge is -2.14. The fourth-order valence-corrected chi connectivity index (χ4v) is 4.29. The molecule has 1 heterocycles. The van der Waals surface area contributed by atoms with E-state index in [9.17, 15) is 9.59 Å². The summed E-state index contributed by atoms with van der Waals surface area (Å²) in [5.74, 6) is -0.316. The molecule has 0 unspecified atom stereocenters. The van der Waals surface area contributed by atoms with Crippen molar-refractivity contribution in [3.63, 3.8) is 0 Å². The lowest BCUT2D eigenvalue weighted by molar-refractivity contribution is -0.123. The van der Waals surface area contributed by atoms with Gasteiger partial charge in [-0.1, -0.05) is 71.7 Å². The number of hydrogen-bond acceptors (Lipinski definition) is 3. The van der Waals surface area contributed by atoms with Gasteiger partial charge < -0.3 is 0 Å². The average Bonchev–Trinajstić information content (AvgIpc) is 2.92. The number of nitrogens with zero attached hydrogens (tertiary/aromatic N) is 1. The van der Waals surface area contributed by atoms with Gasteiger partial charge in [-0.25, -0.2) is 0 Å². The number of amides is 2. The molecule has 1 fully saturated rings. The molecule has 6 heteroatoms. The van der Waals surface area contributed by atoms with E-state index in [-0.39, 0.29) is 17.7 Å². The number of carbonyl (C=O) groups is 2. The predicted octanol–water partition coefficient (Wildman–Crippen LogP) is 6.38. The monoisotopic (exact) mass is 413 g/mol. The van der Waals surface area contributed by atoms with E-state index in [1.54, 1.807) is 24.3 Å². The molecule has 0 aromatic heterocycles. The van der Waals surface area contributed by atoms with Crippen LogP contribution in [-0.2, 0) is 11.3 Å². The van der Waals surface area contributed by atoms with Gasteiger partial charge in [0, 0.05) is 10.0 Å². The highest BCUT2D eigenvalue weighted by atomic mass is 35.5. The van der Waals surface area contributed by atoms with Crippen LogP contribution in [-0.4, -0.2) is 16.0 Å². The van der Waals surface area contributed by atoms with Gasteiger partial charge >= 0.3 is 0 Å². The molecule has 0 spiro atoms. The summed E-state index contributed by atoms with van der Waals surface area (Å²) in [4.78, 5) is 26.8. The summed E-state index contributed by atoms with van der Waals surface area (Å²) in [5, 5.41) is 2.77. The van der Waals surface area contributed by atoms with Crippen molar-refractivity contribution in [2.45, 2.75) is 6.54 Å². The number of benzene rings is 3. The first kappa shape index (κ1) is 18.1. The Hall–Kier alpha value is -2.27. The zero-order valence-electron chi connectivity index (χ0n) is 14.0. The molecule has 134 valence electrons. The SMILES string of the molecule is O=C1S/C(=C\c2ccc(Cl)cc2Cl)C(=O)N1Cc1cccc2ccccc12. The lowest BCUT2D eigenvalue weighted by atomic mass is 10.0. The minimum atomic E-state index is -0.316. The van der Waals surface area contributed by atoms with Gasteiger partial charge in [0.05, 0.1) is 11.4 Å². The molecule has 0 saturated carbocycles. The van der Waals surface area contributed by atoms with Crippen molar-refractivity contribution in [1.82, 2.24) is 4.90 Å². The maximum Gasteiger partial charge on any atom is 0.293 e. The molecule has 27 heavy (non-hydrogen) atoms. The van der Waals surface area contributed by atoms with E-state index in [0.717, 1.165) is 28.1 Å². The van der Waals surface area contributed by atoms with Crippen LogP contribution in [0.1, 0.15) is 11.1 Å². The largest absolute Gasteiger partial charge is 0.293 e. The first-order valence-electron chi connectivity index (χ1n) is 8.20. The van der Waals surface area contributed by atoms with Crippen molar-refractivity contribution in [1.29, 1.82) is 0 Å². The fraction of sp³-hybridized carbons (Fsp3) is 0.0476. The second-order valence-corrected chi connectivity index (χ2v) is 7.91. The van der Waals surface area contributed by atoms with E-state index in [4.69, 9.17) is 23.2 Å². The maximum absolute atomic E-state index is 12.8. The summed E-state index contributed by atoms with van der Waals surface area (Å²) in [7, 11) is 0. The fourth-order valence-electron chi connectivity index (χ4n) is 3.00. The Balaban J connectivity index is 1.64. The summed E-state index contributed by atoms with van der Waals surface area (Å²) >= 11 is 13.0. The summed E-state index contributed by atoms with van der Waals surface area (Å²) in [5.41, 5.74) is 1.58. The van der Waals surface area contributed by atoms with Crippen LogP contribution in [0.3, 0.4) is 0 Å². The zero-order valence-corrected chi connectivity index (χ0v) is 16.3. The molecule has 1 aliphatic rings. The summed E-state index contributed by atoms with van der Waals surface area (Å²) in [6.07, 6.45) is 1.63. The van der Waals surface area contributed by atoms with Crippen LogP contribution in [0.15, 0.2) is 65.6 Å². The van der Waals surface area contributed by atoms with E-state index in [0.29, 0.717) is 20.5 Å². The van der Waals surface area contributed by atoms with Crippen molar-refractivity contribution < 1.29 is 9.59 Å². The van der Waals surface area contributed by atoms with Crippen LogP contribution in [0, 0.1) is 0 Å². The molecule has 2 amide bonds. The van der Waals surface area contributed by atoms with Gasteiger partial charge in [-0.15, -0.1) is 0 Å². The molecule has 1 saturated heterocycles. The third kappa shape index (κ3) is 3.61. The van der Waals surface area contributed by atoms with Crippen LogP contribution in [0.2, 0.25) is 10.0 Å². The molecule has 3 aromatic rings. The Kier molecular flexibility index (Phi) is 4.96. The van der Waals surface area contributed by atoms with Gasteiger partial charge in [-0.3, -0.25) is 14.5 Å². The molecule has 0 radical (unpaired) electrons. The number of halogens is 2. The van der Waals surface area contributed by atoms with Gasteiger partial charge in [-0.2, -0.15) is 0 Å². The minimum Gasteiger partial charge on any atom is -0.268 e. The van der Waals surface area contributed by atoms with Crippen LogP contribution >= 0.6 is 35.0 Å². The summed E-state index contributed by atoms with van der Waals surface area (Å²) < 4.78 is 0. The third-order valence-corrected chi connectivity index (χ3v) is 5.80. The molecule has 0 bridgehead atoms. The molecule has 0 N–H and O–H groups in total. The molecular weight excluding hydrogens is 401 g/mol. The molecule has 3 nitrogen and oxygen atoms in total. The first-order chi connectivity index (χ1) is 13.0. The Bertz CT molecular complexity index is 1110.